The largest absolute Gasteiger partial charge is 0.494 e. The van der Waals surface area contributed by atoms with Gasteiger partial charge < -0.3 is 33.7 Å². The third kappa shape index (κ3) is 7.14. The normalized spacial score (nSPS) is 19.1. The number of imidazole rings is 1. The number of likely N-dealkylation sites (tertiary alicyclic amines) is 1. The molecule has 5 aromatic rings. The Morgan fingerprint density at radius 2 is 1.78 bits per heavy atom. The lowest BCUT2D eigenvalue weighted by atomic mass is 9.99. The lowest BCUT2D eigenvalue weighted by Crippen LogP contribution is -2.54. The van der Waals surface area contributed by atoms with Crippen LogP contribution in [-0.2, 0) is 17.8 Å². The van der Waals surface area contributed by atoms with E-state index in [1.54, 1.807) is 46.2 Å². The number of carbonyl (C=O) groups is 2. The summed E-state index contributed by atoms with van der Waals surface area (Å²) in [4.78, 5) is 43.8. The lowest BCUT2D eigenvalue weighted by molar-refractivity contribution is 0.0394. The van der Waals surface area contributed by atoms with Gasteiger partial charge in [0, 0.05) is 67.7 Å². The fourth-order valence-corrected chi connectivity index (χ4v) is 7.71. The number of alkyl halides is 1. The summed E-state index contributed by atoms with van der Waals surface area (Å²) in [6.07, 6.45) is 2.12. The molecule has 3 aromatic heterocycles. The number of rotatable bonds is 9. The van der Waals surface area contributed by atoms with Gasteiger partial charge in [-0.05, 0) is 69.9 Å². The highest BCUT2D eigenvalue weighted by Gasteiger charge is 2.35. The second-order valence-electron chi connectivity index (χ2n) is 15.7. The maximum atomic E-state index is 15.1. The number of ether oxygens (including phenoxy) is 2. The van der Waals surface area contributed by atoms with Gasteiger partial charge in [0.1, 0.15) is 34.9 Å². The molecule has 1 aliphatic carbocycles. The summed E-state index contributed by atoms with van der Waals surface area (Å²) in [6.45, 7) is 8.29. The standard InChI is InChI=1S/C40H44FN9O4/c1-40(2,3)54-39(52)44-29-16-28(41)22-48(23-29)38(51)27-13-30-36(33(15-27)53-4)50(21-25-18-47(19-25)35-11-12-43-34(17-42)46-35)37(45-30)32-14-26-7-5-6-8-31(26)49(32)20-24-9-10-24/h5-8,11-15,24-25,28-29H,9-10,16,18-23H2,1-4H3,(H,44,52)/t28-,29-/m1/s1. The highest BCUT2D eigenvalue weighted by molar-refractivity contribution is 6.00. The molecule has 0 spiro atoms. The minimum Gasteiger partial charge on any atom is -0.494 e. The number of piperidine rings is 1. The summed E-state index contributed by atoms with van der Waals surface area (Å²) in [5, 5.41) is 13.2. The predicted molar refractivity (Wildman–Crippen MR) is 201 cm³/mol. The van der Waals surface area contributed by atoms with Crippen LogP contribution in [-0.4, -0.2) is 92.1 Å². The van der Waals surface area contributed by atoms with E-state index in [1.165, 1.54) is 17.7 Å². The maximum Gasteiger partial charge on any atom is 0.407 e. The van der Waals surface area contributed by atoms with E-state index in [-0.39, 0.29) is 37.2 Å². The molecule has 2 aliphatic heterocycles. The van der Waals surface area contributed by atoms with Crippen LogP contribution in [0.3, 0.4) is 0 Å². The van der Waals surface area contributed by atoms with Gasteiger partial charge >= 0.3 is 6.09 Å². The zero-order valence-electron chi connectivity index (χ0n) is 31.0. The van der Waals surface area contributed by atoms with Crippen LogP contribution in [0.2, 0.25) is 0 Å². The number of halogens is 1. The smallest absolute Gasteiger partial charge is 0.407 e. The third-order valence-electron chi connectivity index (χ3n) is 10.3. The number of benzene rings is 2. The van der Waals surface area contributed by atoms with Crippen molar-refractivity contribution in [1.82, 2.24) is 34.3 Å². The van der Waals surface area contributed by atoms with Gasteiger partial charge in [-0.1, -0.05) is 18.2 Å². The molecular formula is C40H44FN9O4. The summed E-state index contributed by atoms with van der Waals surface area (Å²) in [5.74, 6) is 2.60. The van der Waals surface area contributed by atoms with Gasteiger partial charge in [0.05, 0.1) is 30.9 Å². The van der Waals surface area contributed by atoms with Gasteiger partial charge in [-0.3, -0.25) is 4.79 Å². The van der Waals surface area contributed by atoms with Crippen LogP contribution in [0.4, 0.5) is 15.0 Å². The third-order valence-corrected chi connectivity index (χ3v) is 10.3. The Kier molecular flexibility index (Phi) is 9.11. The van der Waals surface area contributed by atoms with Crippen molar-refractivity contribution < 1.29 is 23.5 Å². The first-order valence-corrected chi connectivity index (χ1v) is 18.5. The summed E-state index contributed by atoms with van der Waals surface area (Å²) in [5.41, 5.74) is 3.12. The average Bonchev–Trinajstić information content (AvgIpc) is 3.77. The lowest BCUT2D eigenvalue weighted by Gasteiger charge is -2.40. The zero-order valence-corrected chi connectivity index (χ0v) is 31.0. The number of nitrogens with one attached hydrogen (secondary N) is 1. The van der Waals surface area contributed by atoms with Crippen molar-refractivity contribution >= 4 is 39.8 Å². The highest BCUT2D eigenvalue weighted by Crippen LogP contribution is 2.39. The van der Waals surface area contributed by atoms with E-state index in [0.717, 1.165) is 53.4 Å². The average molecular weight is 734 g/mol. The molecule has 14 heteroatoms. The first-order chi connectivity index (χ1) is 26.0. The number of nitriles is 1. The van der Waals surface area contributed by atoms with E-state index in [0.29, 0.717) is 29.3 Å². The van der Waals surface area contributed by atoms with Crippen molar-refractivity contribution in [2.75, 3.05) is 38.2 Å². The number of hydrogen-bond donors (Lipinski definition) is 1. The summed E-state index contributed by atoms with van der Waals surface area (Å²) in [6, 6.07) is 17.3. The number of anilines is 1. The molecule has 3 fully saturated rings. The number of aromatic nitrogens is 5. The molecule has 5 heterocycles. The zero-order chi connectivity index (χ0) is 37.7. The molecule has 54 heavy (non-hydrogen) atoms. The van der Waals surface area contributed by atoms with Crippen LogP contribution in [0.15, 0.2) is 54.7 Å². The molecule has 1 N–H and O–H groups in total. The first kappa shape index (κ1) is 35.3. The molecule has 2 saturated heterocycles. The van der Waals surface area contributed by atoms with E-state index in [9.17, 15) is 14.9 Å². The Hall–Kier alpha value is -5.71. The van der Waals surface area contributed by atoms with Gasteiger partial charge in [0.15, 0.2) is 5.82 Å². The van der Waals surface area contributed by atoms with Crippen molar-refractivity contribution in [3.05, 3.63) is 66.1 Å². The monoisotopic (exact) mass is 733 g/mol. The van der Waals surface area contributed by atoms with Crippen molar-refractivity contribution in [1.29, 1.82) is 5.26 Å². The summed E-state index contributed by atoms with van der Waals surface area (Å²) < 4.78 is 31.1. The van der Waals surface area contributed by atoms with E-state index >= 15 is 4.39 Å². The number of carbonyl (C=O) groups excluding carboxylic acids is 2. The Morgan fingerprint density at radius 3 is 2.52 bits per heavy atom. The Balaban J connectivity index is 1.15. The van der Waals surface area contributed by atoms with Crippen molar-refractivity contribution in [2.24, 2.45) is 11.8 Å². The summed E-state index contributed by atoms with van der Waals surface area (Å²) >= 11 is 0. The van der Waals surface area contributed by atoms with Crippen LogP contribution >= 0.6 is 0 Å². The second-order valence-corrected chi connectivity index (χ2v) is 15.7. The Morgan fingerprint density at radius 1 is 1.00 bits per heavy atom. The van der Waals surface area contributed by atoms with E-state index < -0.39 is 23.9 Å². The molecule has 13 nitrogen and oxygen atoms in total. The van der Waals surface area contributed by atoms with Crippen LogP contribution < -0.4 is 15.0 Å². The number of para-hydroxylation sites is 1. The Labute approximate surface area is 312 Å². The Bertz CT molecular complexity index is 2280. The molecule has 2 aromatic carbocycles. The SMILES string of the molecule is COc1cc(C(=O)N2C[C@H](F)C[C@@H](NC(=O)OC(C)(C)C)C2)cc2nc(-c3cc4ccccc4n3CC3CC3)n(CC3CN(c4ccnc(C#N)n4)C3)c12. The van der Waals surface area contributed by atoms with Crippen molar-refractivity contribution in [3.8, 4) is 23.3 Å². The van der Waals surface area contributed by atoms with Crippen LogP contribution in [0.5, 0.6) is 5.75 Å². The molecule has 1 saturated carbocycles. The minimum atomic E-state index is -1.32. The second kappa shape index (κ2) is 13.9. The fourth-order valence-electron chi connectivity index (χ4n) is 7.71. The van der Waals surface area contributed by atoms with Gasteiger partial charge in [0.25, 0.3) is 5.91 Å². The molecule has 0 unspecified atom stereocenters. The van der Waals surface area contributed by atoms with Crippen LogP contribution in [0.1, 0.15) is 56.2 Å². The topological polar surface area (TPSA) is 143 Å². The fraction of sp³-hybridized carbons (Fsp3) is 0.450. The van der Waals surface area contributed by atoms with E-state index in [2.05, 4.69) is 53.6 Å². The van der Waals surface area contributed by atoms with Gasteiger partial charge in [0.2, 0.25) is 5.82 Å². The molecule has 280 valence electrons. The van der Waals surface area contributed by atoms with Crippen LogP contribution in [0.25, 0.3) is 33.5 Å². The van der Waals surface area contributed by atoms with Gasteiger partial charge in [-0.2, -0.15) is 5.26 Å². The molecule has 2 amide bonds. The van der Waals surface area contributed by atoms with Gasteiger partial charge in [-0.15, -0.1) is 0 Å². The number of fused-ring (bicyclic) bond motifs is 2. The predicted octanol–water partition coefficient (Wildman–Crippen LogP) is 5.95. The minimum absolute atomic E-state index is 0.0866. The maximum absolute atomic E-state index is 15.1. The molecule has 0 radical (unpaired) electrons. The van der Waals surface area contributed by atoms with Crippen molar-refractivity contribution in [2.45, 2.75) is 70.9 Å². The highest BCUT2D eigenvalue weighted by atomic mass is 19.1. The molecule has 3 aliphatic rings. The summed E-state index contributed by atoms with van der Waals surface area (Å²) in [7, 11) is 1.58. The molecule has 2 atom stereocenters. The first-order valence-electron chi connectivity index (χ1n) is 18.5. The number of hydrogen-bond acceptors (Lipinski definition) is 9. The number of nitrogens with zero attached hydrogens (tertiary/aromatic N) is 8. The van der Waals surface area contributed by atoms with Gasteiger partial charge in [-0.25, -0.2) is 24.1 Å². The quantitative estimate of drug-likeness (QED) is 0.194. The van der Waals surface area contributed by atoms with Crippen molar-refractivity contribution in [3.63, 3.8) is 0 Å². The van der Waals surface area contributed by atoms with E-state index in [1.807, 2.05) is 18.2 Å². The number of amides is 2. The number of methoxy groups -OCH3 is 1. The number of alkyl carbamates (subject to hydrolysis) is 1. The molecule has 8 rings (SSSR count). The molecular weight excluding hydrogens is 689 g/mol. The molecule has 0 bridgehead atoms. The van der Waals surface area contributed by atoms with Crippen LogP contribution in [0, 0.1) is 23.2 Å². The van der Waals surface area contributed by atoms with E-state index in [4.69, 9.17) is 14.5 Å².